The molecule has 0 aliphatic heterocycles. The van der Waals surface area contributed by atoms with E-state index in [-0.39, 0.29) is 5.56 Å². The van der Waals surface area contributed by atoms with Crippen molar-refractivity contribution in [2.75, 3.05) is 0 Å². The minimum atomic E-state index is -1.36. The van der Waals surface area contributed by atoms with Gasteiger partial charge in [-0.25, -0.2) is 9.89 Å². The summed E-state index contributed by atoms with van der Waals surface area (Å²) in [5.41, 5.74) is 4.32. The quantitative estimate of drug-likeness (QED) is 0.797. The second-order valence-corrected chi connectivity index (χ2v) is 6.66. The van der Waals surface area contributed by atoms with Crippen LogP contribution in [0, 0.1) is 5.92 Å². The number of aromatic nitrogens is 3. The lowest BCUT2D eigenvalue weighted by molar-refractivity contribution is -0.141. The smallest absolute Gasteiger partial charge is 0.344 e. The number of nitrogens with two attached hydrogens (primary N) is 1. The van der Waals surface area contributed by atoms with Crippen molar-refractivity contribution in [3.05, 3.63) is 46.5 Å². The molecule has 1 aliphatic rings. The zero-order chi connectivity index (χ0) is 18.7. The topological polar surface area (TPSA) is 128 Å². The number of hydrogen-bond acceptors (Lipinski definition) is 6. The molecule has 3 rings (SSSR count). The third-order valence-electron chi connectivity index (χ3n) is 4.82. The summed E-state index contributed by atoms with van der Waals surface area (Å²) in [7, 11) is 0. The Morgan fingerprint density at radius 2 is 1.92 bits per heavy atom. The average Bonchev–Trinajstić information content (AvgIpc) is 2.64. The Bertz CT molecular complexity index is 870. The third kappa shape index (κ3) is 3.49. The number of primary amides is 1. The van der Waals surface area contributed by atoms with E-state index in [2.05, 4.69) is 22.1 Å². The molecule has 1 fully saturated rings. The van der Waals surface area contributed by atoms with Crippen molar-refractivity contribution in [1.82, 2.24) is 15.2 Å². The highest BCUT2D eigenvalue weighted by Crippen LogP contribution is 2.35. The van der Waals surface area contributed by atoms with Gasteiger partial charge < -0.3 is 10.5 Å². The molecule has 2 heterocycles. The molecule has 136 valence electrons. The van der Waals surface area contributed by atoms with Gasteiger partial charge in [-0.1, -0.05) is 6.92 Å². The van der Waals surface area contributed by atoms with Crippen LogP contribution in [0.4, 0.5) is 0 Å². The largest absolute Gasteiger partial charge is 0.445 e. The molecule has 0 unspecified atom stereocenters. The van der Waals surface area contributed by atoms with Crippen LogP contribution in [0.3, 0.4) is 0 Å². The van der Waals surface area contributed by atoms with Crippen molar-refractivity contribution < 1.29 is 14.3 Å². The predicted molar refractivity (Wildman–Crippen MR) is 93.1 cm³/mol. The maximum Gasteiger partial charge on any atom is 0.344 e. The van der Waals surface area contributed by atoms with Gasteiger partial charge in [-0.2, -0.15) is 5.10 Å². The van der Waals surface area contributed by atoms with Crippen molar-refractivity contribution in [2.24, 2.45) is 11.7 Å². The summed E-state index contributed by atoms with van der Waals surface area (Å²) in [5, 5.41) is 6.23. The van der Waals surface area contributed by atoms with Crippen LogP contribution < -0.4 is 11.3 Å². The Kier molecular flexibility index (Phi) is 4.83. The van der Waals surface area contributed by atoms with Crippen LogP contribution in [0.5, 0.6) is 0 Å². The van der Waals surface area contributed by atoms with Gasteiger partial charge in [-0.05, 0) is 49.8 Å². The Morgan fingerprint density at radius 1 is 1.27 bits per heavy atom. The second kappa shape index (κ2) is 7.07. The van der Waals surface area contributed by atoms with Gasteiger partial charge >= 0.3 is 5.97 Å². The number of rotatable bonds is 4. The van der Waals surface area contributed by atoms with E-state index in [1.807, 2.05) is 0 Å². The summed E-state index contributed by atoms with van der Waals surface area (Å²) in [4.78, 5) is 40.6. The maximum atomic E-state index is 12.6. The lowest BCUT2D eigenvalue weighted by Crippen LogP contribution is -2.50. The molecule has 26 heavy (non-hydrogen) atoms. The fourth-order valence-corrected chi connectivity index (χ4v) is 3.09. The molecule has 1 aliphatic carbocycles. The number of aromatic amines is 1. The van der Waals surface area contributed by atoms with Crippen LogP contribution in [-0.4, -0.2) is 32.7 Å². The first-order valence-corrected chi connectivity index (χ1v) is 8.45. The second-order valence-electron chi connectivity index (χ2n) is 6.66. The SMILES string of the molecule is CC1CCC(OC(=O)c2cc(-c3ccncc3)n[nH]c2=O)(C(N)=O)CC1. The van der Waals surface area contributed by atoms with Gasteiger partial charge in [0.05, 0.1) is 5.69 Å². The molecular weight excluding hydrogens is 336 g/mol. The van der Waals surface area contributed by atoms with Crippen LogP contribution in [0.25, 0.3) is 11.3 Å². The molecule has 2 aromatic heterocycles. The highest BCUT2D eigenvalue weighted by atomic mass is 16.6. The van der Waals surface area contributed by atoms with Crippen molar-refractivity contribution >= 4 is 11.9 Å². The van der Waals surface area contributed by atoms with Gasteiger partial charge in [0.2, 0.25) is 0 Å². The monoisotopic (exact) mass is 356 g/mol. The molecule has 8 nitrogen and oxygen atoms in total. The van der Waals surface area contributed by atoms with Crippen molar-refractivity contribution in [1.29, 1.82) is 0 Å². The van der Waals surface area contributed by atoms with E-state index in [1.165, 1.54) is 6.07 Å². The van der Waals surface area contributed by atoms with Gasteiger partial charge in [0.25, 0.3) is 11.5 Å². The fourth-order valence-electron chi connectivity index (χ4n) is 3.09. The Hall–Kier alpha value is -3.03. The number of ether oxygens (including phenoxy) is 1. The minimum absolute atomic E-state index is 0.217. The van der Waals surface area contributed by atoms with Gasteiger partial charge in [-0.3, -0.25) is 14.6 Å². The summed E-state index contributed by atoms with van der Waals surface area (Å²) in [6.45, 7) is 2.07. The molecule has 0 aromatic carbocycles. The van der Waals surface area contributed by atoms with E-state index in [1.54, 1.807) is 24.5 Å². The molecule has 0 atom stereocenters. The zero-order valence-corrected chi connectivity index (χ0v) is 14.4. The van der Waals surface area contributed by atoms with Crippen LogP contribution in [-0.2, 0) is 9.53 Å². The zero-order valence-electron chi connectivity index (χ0n) is 14.4. The number of nitrogens with zero attached hydrogens (tertiary/aromatic N) is 2. The van der Waals surface area contributed by atoms with Crippen molar-refractivity contribution in [3.8, 4) is 11.3 Å². The number of carbonyl (C=O) groups excluding carboxylic acids is 2. The maximum absolute atomic E-state index is 12.6. The number of H-pyrrole nitrogens is 1. The first-order valence-electron chi connectivity index (χ1n) is 8.45. The van der Waals surface area contributed by atoms with Gasteiger partial charge in [0.1, 0.15) is 5.56 Å². The number of amides is 1. The fraction of sp³-hybridized carbons (Fsp3) is 0.389. The molecule has 1 amide bonds. The van der Waals surface area contributed by atoms with Crippen LogP contribution in [0.2, 0.25) is 0 Å². The van der Waals surface area contributed by atoms with Gasteiger partial charge in [0, 0.05) is 18.0 Å². The molecule has 1 saturated carbocycles. The first kappa shape index (κ1) is 17.8. The molecule has 2 aromatic rings. The van der Waals surface area contributed by atoms with E-state index in [0.717, 1.165) is 12.8 Å². The van der Waals surface area contributed by atoms with Crippen molar-refractivity contribution in [3.63, 3.8) is 0 Å². The van der Waals surface area contributed by atoms with E-state index in [4.69, 9.17) is 10.5 Å². The summed E-state index contributed by atoms with van der Waals surface area (Å²) in [6, 6.07) is 4.74. The summed E-state index contributed by atoms with van der Waals surface area (Å²) >= 11 is 0. The van der Waals surface area contributed by atoms with Gasteiger partial charge in [-0.15, -0.1) is 0 Å². The first-order chi connectivity index (χ1) is 12.4. The number of esters is 1. The highest BCUT2D eigenvalue weighted by Gasteiger charge is 2.43. The standard InChI is InChI=1S/C18H20N4O4/c1-11-2-6-18(7-3-11,17(19)25)26-16(24)13-10-14(21-22-15(13)23)12-4-8-20-9-5-12/h4-5,8-11H,2-3,6-7H2,1H3,(H2,19,25)(H,22,23). The molecule has 0 radical (unpaired) electrons. The Balaban J connectivity index is 1.90. The summed E-state index contributed by atoms with van der Waals surface area (Å²) in [5.74, 6) is -1.13. The summed E-state index contributed by atoms with van der Waals surface area (Å²) in [6.07, 6.45) is 5.32. The Labute approximate surface area is 149 Å². The minimum Gasteiger partial charge on any atom is -0.445 e. The van der Waals surface area contributed by atoms with Gasteiger partial charge in [0.15, 0.2) is 5.60 Å². The van der Waals surface area contributed by atoms with Crippen LogP contribution >= 0.6 is 0 Å². The normalized spacial score (nSPS) is 22.6. The van der Waals surface area contributed by atoms with Crippen molar-refractivity contribution in [2.45, 2.75) is 38.2 Å². The third-order valence-corrected chi connectivity index (χ3v) is 4.82. The van der Waals surface area contributed by atoms with E-state index in [9.17, 15) is 14.4 Å². The predicted octanol–water partition coefficient (Wildman–Crippen LogP) is 1.42. The van der Waals surface area contributed by atoms with Crippen LogP contribution in [0.1, 0.15) is 43.0 Å². The molecule has 0 bridgehead atoms. The van der Waals surface area contributed by atoms with E-state index >= 15 is 0 Å². The summed E-state index contributed by atoms with van der Waals surface area (Å²) < 4.78 is 5.47. The number of pyridine rings is 1. The molecule has 3 N–H and O–H groups in total. The Morgan fingerprint density at radius 3 is 2.54 bits per heavy atom. The molecule has 0 saturated heterocycles. The number of hydrogen-bond donors (Lipinski definition) is 2. The highest BCUT2D eigenvalue weighted by molar-refractivity contribution is 5.94. The number of carbonyl (C=O) groups is 2. The van der Waals surface area contributed by atoms with E-state index in [0.29, 0.717) is 30.0 Å². The lowest BCUT2D eigenvalue weighted by atomic mass is 9.79. The van der Waals surface area contributed by atoms with E-state index < -0.39 is 23.0 Å². The lowest BCUT2D eigenvalue weighted by Gasteiger charge is -2.35. The number of nitrogens with one attached hydrogen (secondary N) is 1. The molecule has 8 heteroatoms. The average molecular weight is 356 g/mol. The molecule has 0 spiro atoms. The van der Waals surface area contributed by atoms with Crippen LogP contribution in [0.15, 0.2) is 35.4 Å². The molecular formula is C18H20N4O4.